The summed E-state index contributed by atoms with van der Waals surface area (Å²) in [4.78, 5) is 16.4. The van der Waals surface area contributed by atoms with E-state index in [1.165, 1.54) is 0 Å². The fraction of sp³-hybridized carbons (Fsp3) is 0.500. The number of nitriles is 1. The molecule has 0 saturated carbocycles. The van der Waals surface area contributed by atoms with Crippen LogP contribution in [-0.2, 0) is 4.79 Å². The molecule has 112 valence electrons. The third kappa shape index (κ3) is 4.47. The Balaban J connectivity index is 1.73. The normalized spacial score (nSPS) is 15.5. The molecule has 1 saturated heterocycles. The minimum absolute atomic E-state index is 0.203. The van der Waals surface area contributed by atoms with Crippen LogP contribution >= 0.6 is 0 Å². The van der Waals surface area contributed by atoms with Crippen molar-refractivity contribution in [1.29, 1.82) is 5.26 Å². The summed E-state index contributed by atoms with van der Waals surface area (Å²) >= 11 is 0. The van der Waals surface area contributed by atoms with Crippen LogP contribution in [0.1, 0.15) is 18.9 Å². The van der Waals surface area contributed by atoms with Crippen LogP contribution in [0.2, 0.25) is 0 Å². The predicted octanol–water partition coefficient (Wildman–Crippen LogP) is 1.52. The van der Waals surface area contributed by atoms with Crippen molar-refractivity contribution in [3.05, 3.63) is 29.8 Å². The molecule has 1 heterocycles. The smallest absolute Gasteiger partial charge is 0.224 e. The summed E-state index contributed by atoms with van der Waals surface area (Å²) in [5.74, 6) is 0.203. The molecule has 0 bridgehead atoms. The average molecular weight is 286 g/mol. The van der Waals surface area contributed by atoms with E-state index in [2.05, 4.69) is 23.2 Å². The fourth-order valence-corrected chi connectivity index (χ4v) is 2.48. The van der Waals surface area contributed by atoms with E-state index in [9.17, 15) is 4.79 Å². The molecule has 0 aliphatic carbocycles. The topological polar surface area (TPSA) is 59.4 Å². The van der Waals surface area contributed by atoms with Gasteiger partial charge >= 0.3 is 0 Å². The molecule has 1 aliphatic rings. The SMILES string of the molecule is CCN1CCN(C(=O)CCNc2cccc(C#N)c2)CC1. The summed E-state index contributed by atoms with van der Waals surface area (Å²) in [5, 5.41) is 12.0. The Morgan fingerprint density at radius 2 is 2.10 bits per heavy atom. The lowest BCUT2D eigenvalue weighted by molar-refractivity contribution is -0.132. The highest BCUT2D eigenvalue weighted by Gasteiger charge is 2.19. The highest BCUT2D eigenvalue weighted by molar-refractivity contribution is 5.76. The second-order valence-electron chi connectivity index (χ2n) is 5.18. The van der Waals surface area contributed by atoms with Crippen LogP contribution in [0.4, 0.5) is 5.69 Å². The Bertz CT molecular complexity index is 515. The van der Waals surface area contributed by atoms with Crippen LogP contribution < -0.4 is 5.32 Å². The van der Waals surface area contributed by atoms with E-state index < -0.39 is 0 Å². The first-order chi connectivity index (χ1) is 10.2. The zero-order chi connectivity index (χ0) is 15.1. The molecule has 1 fully saturated rings. The van der Waals surface area contributed by atoms with Crippen molar-refractivity contribution in [3.63, 3.8) is 0 Å². The van der Waals surface area contributed by atoms with Gasteiger partial charge in [-0.2, -0.15) is 5.26 Å². The lowest BCUT2D eigenvalue weighted by Gasteiger charge is -2.34. The second-order valence-corrected chi connectivity index (χ2v) is 5.18. The minimum Gasteiger partial charge on any atom is -0.384 e. The number of piperazine rings is 1. The van der Waals surface area contributed by atoms with E-state index in [4.69, 9.17) is 5.26 Å². The molecular weight excluding hydrogens is 264 g/mol. The molecule has 21 heavy (non-hydrogen) atoms. The first kappa shape index (κ1) is 15.3. The van der Waals surface area contributed by atoms with E-state index >= 15 is 0 Å². The molecule has 1 aromatic rings. The van der Waals surface area contributed by atoms with Crippen LogP contribution in [0.5, 0.6) is 0 Å². The van der Waals surface area contributed by atoms with Gasteiger partial charge in [0.2, 0.25) is 5.91 Å². The van der Waals surface area contributed by atoms with E-state index in [0.29, 0.717) is 18.5 Å². The van der Waals surface area contributed by atoms with Crippen molar-refractivity contribution in [1.82, 2.24) is 9.80 Å². The Hall–Kier alpha value is -2.06. The third-order valence-corrected chi connectivity index (χ3v) is 3.83. The number of carbonyl (C=O) groups excluding carboxylic acids is 1. The van der Waals surface area contributed by atoms with Crippen molar-refractivity contribution in [3.8, 4) is 6.07 Å². The van der Waals surface area contributed by atoms with Gasteiger partial charge in [0.15, 0.2) is 0 Å². The van der Waals surface area contributed by atoms with Crippen molar-refractivity contribution in [2.24, 2.45) is 0 Å². The third-order valence-electron chi connectivity index (χ3n) is 3.83. The summed E-state index contributed by atoms with van der Waals surface area (Å²) < 4.78 is 0. The van der Waals surface area contributed by atoms with Crippen LogP contribution in [-0.4, -0.2) is 55.0 Å². The molecule has 0 spiro atoms. The summed E-state index contributed by atoms with van der Waals surface area (Å²) in [6.07, 6.45) is 0.489. The molecule has 0 unspecified atom stereocenters. The molecule has 0 aromatic heterocycles. The number of hydrogen-bond donors (Lipinski definition) is 1. The maximum atomic E-state index is 12.1. The minimum atomic E-state index is 0.203. The molecule has 1 aromatic carbocycles. The van der Waals surface area contributed by atoms with Gasteiger partial charge < -0.3 is 15.1 Å². The Labute approximate surface area is 126 Å². The standard InChI is InChI=1S/C16H22N4O/c1-2-19-8-10-20(11-9-19)16(21)6-7-18-15-5-3-4-14(12-15)13-17/h3-5,12,18H,2,6-11H2,1H3. The van der Waals surface area contributed by atoms with Crippen LogP contribution in [0, 0.1) is 11.3 Å². The summed E-state index contributed by atoms with van der Waals surface area (Å²) in [6, 6.07) is 9.42. The van der Waals surface area contributed by atoms with Crippen molar-refractivity contribution < 1.29 is 4.79 Å². The molecule has 0 radical (unpaired) electrons. The number of amides is 1. The number of carbonyl (C=O) groups is 1. The Kier molecular flexibility index (Phi) is 5.59. The van der Waals surface area contributed by atoms with Crippen LogP contribution in [0.15, 0.2) is 24.3 Å². The van der Waals surface area contributed by atoms with Gasteiger partial charge in [-0.25, -0.2) is 0 Å². The highest BCUT2D eigenvalue weighted by atomic mass is 16.2. The van der Waals surface area contributed by atoms with Gasteiger partial charge in [-0.3, -0.25) is 4.79 Å². The maximum Gasteiger partial charge on any atom is 0.224 e. The van der Waals surface area contributed by atoms with Gasteiger partial charge in [0, 0.05) is 44.8 Å². The largest absolute Gasteiger partial charge is 0.384 e. The van der Waals surface area contributed by atoms with Gasteiger partial charge in [0.25, 0.3) is 0 Å². The molecule has 1 aliphatic heterocycles. The molecule has 5 nitrogen and oxygen atoms in total. The monoisotopic (exact) mass is 286 g/mol. The lowest BCUT2D eigenvalue weighted by Crippen LogP contribution is -2.48. The van der Waals surface area contributed by atoms with Gasteiger partial charge in [-0.15, -0.1) is 0 Å². The maximum absolute atomic E-state index is 12.1. The summed E-state index contributed by atoms with van der Waals surface area (Å²) in [7, 11) is 0. The number of hydrogen-bond acceptors (Lipinski definition) is 4. The second kappa shape index (κ2) is 7.65. The summed E-state index contributed by atoms with van der Waals surface area (Å²) in [6.45, 7) is 7.41. The van der Waals surface area contributed by atoms with Gasteiger partial charge in [0.05, 0.1) is 11.6 Å². The predicted molar refractivity (Wildman–Crippen MR) is 83.0 cm³/mol. The molecule has 1 amide bonds. The first-order valence-electron chi connectivity index (χ1n) is 7.47. The number of anilines is 1. The van der Waals surface area contributed by atoms with Gasteiger partial charge in [-0.1, -0.05) is 13.0 Å². The number of likely N-dealkylation sites (N-methyl/N-ethyl adjacent to an activating group) is 1. The molecule has 1 N–H and O–H groups in total. The van der Waals surface area contributed by atoms with Crippen molar-refractivity contribution in [2.75, 3.05) is 44.6 Å². The molecule has 0 atom stereocenters. The molecular formula is C16H22N4O. The van der Waals surface area contributed by atoms with E-state index in [0.717, 1.165) is 38.4 Å². The first-order valence-corrected chi connectivity index (χ1v) is 7.47. The molecule has 5 heteroatoms. The van der Waals surface area contributed by atoms with E-state index in [1.807, 2.05) is 17.0 Å². The Morgan fingerprint density at radius 3 is 2.76 bits per heavy atom. The van der Waals surface area contributed by atoms with Crippen molar-refractivity contribution >= 4 is 11.6 Å². The number of rotatable bonds is 5. The zero-order valence-electron chi connectivity index (χ0n) is 12.5. The lowest BCUT2D eigenvalue weighted by atomic mass is 10.2. The van der Waals surface area contributed by atoms with Gasteiger partial charge in [-0.05, 0) is 24.7 Å². The van der Waals surface area contributed by atoms with Crippen LogP contribution in [0.25, 0.3) is 0 Å². The number of nitrogens with zero attached hydrogens (tertiary/aromatic N) is 3. The average Bonchev–Trinajstić information content (AvgIpc) is 2.55. The summed E-state index contributed by atoms with van der Waals surface area (Å²) in [5.41, 5.74) is 1.51. The fourth-order valence-electron chi connectivity index (χ4n) is 2.48. The van der Waals surface area contributed by atoms with Crippen LogP contribution in [0.3, 0.4) is 0 Å². The number of benzene rings is 1. The highest BCUT2D eigenvalue weighted by Crippen LogP contribution is 2.10. The quantitative estimate of drug-likeness (QED) is 0.891. The van der Waals surface area contributed by atoms with E-state index in [1.54, 1.807) is 12.1 Å². The van der Waals surface area contributed by atoms with Crippen molar-refractivity contribution in [2.45, 2.75) is 13.3 Å². The number of nitrogens with one attached hydrogen (secondary N) is 1. The zero-order valence-corrected chi connectivity index (χ0v) is 12.5. The van der Waals surface area contributed by atoms with Gasteiger partial charge in [0.1, 0.15) is 0 Å². The molecule has 2 rings (SSSR count). The Morgan fingerprint density at radius 1 is 1.33 bits per heavy atom. The van der Waals surface area contributed by atoms with E-state index in [-0.39, 0.29) is 5.91 Å².